The summed E-state index contributed by atoms with van der Waals surface area (Å²) in [5.41, 5.74) is 3.57. The van der Waals surface area contributed by atoms with E-state index in [1.807, 2.05) is 24.3 Å². The van der Waals surface area contributed by atoms with Crippen molar-refractivity contribution in [3.63, 3.8) is 0 Å². The van der Waals surface area contributed by atoms with Gasteiger partial charge in [-0.2, -0.15) is 0 Å². The second-order valence-electron chi connectivity index (χ2n) is 9.39. The molecular formula is C26H28N2O5. The number of carbonyl (C=O) groups excluding carboxylic acids is 2. The molecule has 5 rings (SSSR count). The third-order valence-corrected chi connectivity index (χ3v) is 7.35. The number of fused-ring (bicyclic) bond motifs is 4. The fraction of sp³-hybridized carbons (Fsp3) is 0.423. The van der Waals surface area contributed by atoms with Crippen LogP contribution in [0.25, 0.3) is 11.1 Å². The highest BCUT2D eigenvalue weighted by Gasteiger charge is 2.66. The van der Waals surface area contributed by atoms with Gasteiger partial charge in [-0.05, 0) is 54.4 Å². The molecule has 172 valence electrons. The molecule has 2 amide bonds. The Morgan fingerprint density at radius 3 is 2.39 bits per heavy atom. The summed E-state index contributed by atoms with van der Waals surface area (Å²) in [6.45, 7) is 2.40. The van der Waals surface area contributed by atoms with Crippen molar-refractivity contribution in [1.29, 1.82) is 0 Å². The van der Waals surface area contributed by atoms with Gasteiger partial charge in [-0.25, -0.2) is 9.59 Å². The molecule has 2 aliphatic carbocycles. The highest BCUT2D eigenvalue weighted by Crippen LogP contribution is 2.54. The molecule has 2 unspecified atom stereocenters. The van der Waals surface area contributed by atoms with Gasteiger partial charge in [0.25, 0.3) is 0 Å². The number of nitrogens with zero attached hydrogens (tertiary/aromatic N) is 1. The maximum atomic E-state index is 12.8. The molecule has 7 heteroatoms. The van der Waals surface area contributed by atoms with Gasteiger partial charge in [0, 0.05) is 24.9 Å². The smallest absolute Gasteiger partial charge is 0.407 e. The SMILES string of the molecule is C[C@@H](CC(=O)N1CCCC2CC21C(=O)O)NC(=O)OCC1c2ccccc2-c2ccccc21. The van der Waals surface area contributed by atoms with Crippen molar-refractivity contribution in [2.45, 2.75) is 50.1 Å². The van der Waals surface area contributed by atoms with Gasteiger partial charge in [0.05, 0.1) is 0 Å². The van der Waals surface area contributed by atoms with E-state index in [2.05, 4.69) is 29.6 Å². The minimum absolute atomic E-state index is 0.0318. The molecule has 3 aliphatic rings. The van der Waals surface area contributed by atoms with Gasteiger partial charge in [0.15, 0.2) is 0 Å². The summed E-state index contributed by atoms with van der Waals surface area (Å²) >= 11 is 0. The molecule has 2 aromatic rings. The minimum atomic E-state index is -1.03. The number of hydrogen-bond donors (Lipinski definition) is 2. The average Bonchev–Trinajstić information content (AvgIpc) is 3.48. The number of amides is 2. The van der Waals surface area contributed by atoms with Crippen molar-refractivity contribution in [3.8, 4) is 11.1 Å². The van der Waals surface area contributed by atoms with E-state index in [-0.39, 0.29) is 30.8 Å². The number of carboxylic acid groups (broad SMARTS) is 1. The highest BCUT2D eigenvalue weighted by atomic mass is 16.5. The molecule has 3 atom stereocenters. The molecule has 7 nitrogen and oxygen atoms in total. The number of benzene rings is 2. The number of hydrogen-bond acceptors (Lipinski definition) is 4. The largest absolute Gasteiger partial charge is 0.479 e. The summed E-state index contributed by atoms with van der Waals surface area (Å²) in [7, 11) is 0. The number of nitrogens with one attached hydrogen (secondary N) is 1. The number of carboxylic acids is 1. The maximum absolute atomic E-state index is 12.8. The lowest BCUT2D eigenvalue weighted by molar-refractivity contribution is -0.154. The van der Waals surface area contributed by atoms with Crippen molar-refractivity contribution < 1.29 is 24.2 Å². The third-order valence-electron chi connectivity index (χ3n) is 7.35. The van der Waals surface area contributed by atoms with Crippen LogP contribution in [-0.4, -0.2) is 52.7 Å². The molecule has 1 heterocycles. The van der Waals surface area contributed by atoms with E-state index in [4.69, 9.17) is 4.74 Å². The molecule has 1 saturated carbocycles. The van der Waals surface area contributed by atoms with Crippen molar-refractivity contribution in [2.75, 3.05) is 13.2 Å². The molecule has 0 aromatic heterocycles. The number of piperidine rings is 1. The number of carbonyl (C=O) groups is 3. The Morgan fingerprint density at radius 2 is 1.76 bits per heavy atom. The summed E-state index contributed by atoms with van der Waals surface area (Å²) in [6, 6.07) is 15.8. The van der Waals surface area contributed by atoms with Crippen LogP contribution in [0.4, 0.5) is 4.79 Å². The van der Waals surface area contributed by atoms with Gasteiger partial charge in [-0.3, -0.25) is 4.79 Å². The van der Waals surface area contributed by atoms with E-state index in [9.17, 15) is 19.5 Å². The number of aliphatic carboxylic acids is 1. The van der Waals surface area contributed by atoms with Crippen LogP contribution in [0.15, 0.2) is 48.5 Å². The molecule has 0 bridgehead atoms. The number of ether oxygens (including phenoxy) is 1. The van der Waals surface area contributed by atoms with Crippen molar-refractivity contribution in [2.24, 2.45) is 5.92 Å². The van der Waals surface area contributed by atoms with Gasteiger partial charge in [0.2, 0.25) is 5.91 Å². The van der Waals surface area contributed by atoms with E-state index < -0.39 is 23.6 Å². The Morgan fingerprint density at radius 1 is 1.12 bits per heavy atom. The lowest BCUT2D eigenvalue weighted by atomic mass is 9.98. The van der Waals surface area contributed by atoms with E-state index in [1.165, 1.54) is 4.90 Å². The van der Waals surface area contributed by atoms with E-state index in [1.54, 1.807) is 6.92 Å². The van der Waals surface area contributed by atoms with Crippen LogP contribution >= 0.6 is 0 Å². The monoisotopic (exact) mass is 448 g/mol. The molecular weight excluding hydrogens is 420 g/mol. The normalized spacial score (nSPS) is 23.7. The Kier molecular flexibility index (Phi) is 5.35. The predicted octanol–water partition coefficient (Wildman–Crippen LogP) is 3.77. The molecule has 2 fully saturated rings. The van der Waals surface area contributed by atoms with Crippen molar-refractivity contribution in [1.82, 2.24) is 10.2 Å². The summed E-state index contributed by atoms with van der Waals surface area (Å²) in [6.07, 6.45) is 1.67. The summed E-state index contributed by atoms with van der Waals surface area (Å²) in [5.74, 6) is -1.13. The number of alkyl carbamates (subject to hydrolysis) is 1. The molecule has 1 aliphatic heterocycles. The first kappa shape index (κ1) is 21.5. The first-order valence-electron chi connectivity index (χ1n) is 11.6. The second-order valence-corrected chi connectivity index (χ2v) is 9.39. The number of likely N-dealkylation sites (tertiary alicyclic amines) is 1. The Labute approximate surface area is 192 Å². The van der Waals surface area contributed by atoms with Gasteiger partial charge in [0.1, 0.15) is 12.1 Å². The Bertz CT molecular complexity index is 1070. The van der Waals surface area contributed by atoms with Crippen molar-refractivity contribution >= 4 is 18.0 Å². The fourth-order valence-corrected chi connectivity index (χ4v) is 5.67. The number of rotatable bonds is 6. The van der Waals surface area contributed by atoms with Gasteiger partial charge in [-0.1, -0.05) is 48.5 Å². The van der Waals surface area contributed by atoms with Gasteiger partial charge < -0.3 is 20.1 Å². The van der Waals surface area contributed by atoms with E-state index in [0.29, 0.717) is 13.0 Å². The maximum Gasteiger partial charge on any atom is 0.407 e. The van der Waals surface area contributed by atoms with Crippen LogP contribution in [0.3, 0.4) is 0 Å². The summed E-state index contributed by atoms with van der Waals surface area (Å²) in [5, 5.41) is 12.4. The molecule has 33 heavy (non-hydrogen) atoms. The van der Waals surface area contributed by atoms with Crippen LogP contribution in [0.1, 0.15) is 49.7 Å². The Hall–Kier alpha value is -3.35. The summed E-state index contributed by atoms with van der Waals surface area (Å²) in [4.78, 5) is 38.6. The molecule has 1 saturated heterocycles. The zero-order chi connectivity index (χ0) is 23.2. The minimum Gasteiger partial charge on any atom is -0.479 e. The van der Waals surface area contributed by atoms with Crippen LogP contribution in [0.2, 0.25) is 0 Å². The first-order valence-corrected chi connectivity index (χ1v) is 11.6. The predicted molar refractivity (Wildman–Crippen MR) is 122 cm³/mol. The Balaban J connectivity index is 1.18. The van der Waals surface area contributed by atoms with Crippen LogP contribution in [0, 0.1) is 5.92 Å². The van der Waals surface area contributed by atoms with Crippen LogP contribution in [0.5, 0.6) is 0 Å². The van der Waals surface area contributed by atoms with E-state index in [0.717, 1.165) is 35.1 Å². The zero-order valence-corrected chi connectivity index (χ0v) is 18.6. The topological polar surface area (TPSA) is 95.9 Å². The van der Waals surface area contributed by atoms with Crippen LogP contribution in [-0.2, 0) is 14.3 Å². The van der Waals surface area contributed by atoms with E-state index >= 15 is 0 Å². The first-order chi connectivity index (χ1) is 15.9. The molecule has 2 aromatic carbocycles. The fourth-order valence-electron chi connectivity index (χ4n) is 5.67. The standard InChI is InChI=1S/C26H28N2O5/c1-16(13-23(29)28-12-6-7-17-14-26(17,28)24(30)31)27-25(32)33-15-22-20-10-4-2-8-18(20)19-9-3-5-11-21(19)22/h2-5,8-11,16-17,22H,6-7,12-15H2,1H3,(H,27,32)(H,30,31)/t16-,17?,26?/m0/s1. The molecule has 0 spiro atoms. The van der Waals surface area contributed by atoms with Crippen LogP contribution < -0.4 is 5.32 Å². The molecule has 2 N–H and O–H groups in total. The highest BCUT2D eigenvalue weighted by molar-refractivity contribution is 5.91. The summed E-state index contributed by atoms with van der Waals surface area (Å²) < 4.78 is 5.56. The molecule has 0 radical (unpaired) electrons. The lowest BCUT2D eigenvalue weighted by Gasteiger charge is -2.34. The lowest BCUT2D eigenvalue weighted by Crippen LogP contribution is -2.52. The average molecular weight is 449 g/mol. The quantitative estimate of drug-likeness (QED) is 0.701. The second kappa shape index (κ2) is 8.21. The third kappa shape index (κ3) is 3.65. The van der Waals surface area contributed by atoms with Gasteiger partial charge in [-0.15, -0.1) is 0 Å². The van der Waals surface area contributed by atoms with Crippen molar-refractivity contribution in [3.05, 3.63) is 59.7 Å². The van der Waals surface area contributed by atoms with Gasteiger partial charge >= 0.3 is 12.1 Å². The zero-order valence-electron chi connectivity index (χ0n) is 18.6.